The fraction of sp³-hybridized carbons (Fsp3) is 0.214. The Labute approximate surface area is 103 Å². The predicted molar refractivity (Wildman–Crippen MR) is 61.5 cm³/mol. The molecule has 0 aliphatic carbocycles. The minimum atomic E-state index is 0. The Morgan fingerprint density at radius 3 is 2.12 bits per heavy atom. The highest BCUT2D eigenvalue weighted by Crippen LogP contribution is 2.07. The molecule has 2 heteroatoms. The standard InChI is InChI=1S/C14H16N.ClH/c1-13(15-10-6-3-7-11-15)12-14-8-4-2-5-9-14;/h2-11,13H,12H2,1H3;1H/q+1;/p-1. The van der Waals surface area contributed by atoms with Crippen LogP contribution in [-0.4, -0.2) is 0 Å². The molecule has 2 aromatic rings. The molecule has 16 heavy (non-hydrogen) atoms. The Morgan fingerprint density at radius 2 is 1.50 bits per heavy atom. The van der Waals surface area contributed by atoms with Gasteiger partial charge in [-0.25, -0.2) is 4.57 Å². The lowest BCUT2D eigenvalue weighted by Crippen LogP contribution is -3.00. The van der Waals surface area contributed by atoms with E-state index in [1.54, 1.807) is 0 Å². The van der Waals surface area contributed by atoms with Crippen LogP contribution in [0.4, 0.5) is 0 Å². The first-order valence-corrected chi connectivity index (χ1v) is 5.36. The van der Waals surface area contributed by atoms with Crippen molar-refractivity contribution in [3.8, 4) is 0 Å². The van der Waals surface area contributed by atoms with Gasteiger partial charge in [-0.3, -0.25) is 0 Å². The minimum Gasteiger partial charge on any atom is -1.00 e. The van der Waals surface area contributed by atoms with E-state index in [0.717, 1.165) is 6.42 Å². The van der Waals surface area contributed by atoms with Crippen LogP contribution in [0.25, 0.3) is 0 Å². The molecule has 0 aliphatic rings. The van der Waals surface area contributed by atoms with Crippen molar-refractivity contribution >= 4 is 0 Å². The summed E-state index contributed by atoms with van der Waals surface area (Å²) in [6.07, 6.45) is 5.32. The van der Waals surface area contributed by atoms with E-state index >= 15 is 0 Å². The number of benzene rings is 1. The number of pyridine rings is 1. The fourth-order valence-electron chi connectivity index (χ4n) is 1.77. The van der Waals surface area contributed by atoms with Crippen molar-refractivity contribution in [2.45, 2.75) is 19.4 Å². The zero-order valence-corrected chi connectivity index (χ0v) is 10.1. The van der Waals surface area contributed by atoms with Crippen LogP contribution in [0.15, 0.2) is 60.9 Å². The monoisotopic (exact) mass is 233 g/mol. The topological polar surface area (TPSA) is 3.88 Å². The summed E-state index contributed by atoms with van der Waals surface area (Å²) in [4.78, 5) is 0. The van der Waals surface area contributed by atoms with Gasteiger partial charge in [0.25, 0.3) is 0 Å². The first-order valence-electron chi connectivity index (χ1n) is 5.36. The van der Waals surface area contributed by atoms with Gasteiger partial charge in [0.05, 0.1) is 0 Å². The Morgan fingerprint density at radius 1 is 0.938 bits per heavy atom. The molecule has 0 fully saturated rings. The molecule has 1 unspecified atom stereocenters. The van der Waals surface area contributed by atoms with Crippen LogP contribution in [0.2, 0.25) is 0 Å². The van der Waals surface area contributed by atoms with E-state index in [4.69, 9.17) is 0 Å². The van der Waals surface area contributed by atoms with Crippen LogP contribution < -0.4 is 17.0 Å². The molecule has 1 heterocycles. The van der Waals surface area contributed by atoms with Crippen molar-refractivity contribution in [1.29, 1.82) is 0 Å². The minimum absolute atomic E-state index is 0. The quantitative estimate of drug-likeness (QED) is 0.646. The molecule has 0 N–H and O–H groups in total. The maximum absolute atomic E-state index is 2.24. The van der Waals surface area contributed by atoms with E-state index < -0.39 is 0 Å². The second kappa shape index (κ2) is 6.29. The lowest BCUT2D eigenvalue weighted by Gasteiger charge is -2.06. The summed E-state index contributed by atoms with van der Waals surface area (Å²) in [5, 5.41) is 0. The third kappa shape index (κ3) is 3.35. The molecule has 1 atom stereocenters. The molecule has 1 aromatic heterocycles. The molecule has 0 saturated heterocycles. The van der Waals surface area contributed by atoms with E-state index in [9.17, 15) is 0 Å². The third-order valence-electron chi connectivity index (χ3n) is 2.62. The van der Waals surface area contributed by atoms with Crippen molar-refractivity contribution in [3.05, 3.63) is 66.5 Å². The highest BCUT2D eigenvalue weighted by molar-refractivity contribution is 5.14. The van der Waals surface area contributed by atoms with Crippen LogP contribution in [-0.2, 0) is 6.42 Å². The molecule has 0 aliphatic heterocycles. The van der Waals surface area contributed by atoms with Gasteiger partial charge in [0.15, 0.2) is 18.4 Å². The molecule has 0 spiro atoms. The SMILES string of the molecule is CC(Cc1ccccc1)[n+]1ccccc1.[Cl-]. The molecular weight excluding hydrogens is 218 g/mol. The molecule has 2 rings (SSSR count). The second-order valence-corrected chi connectivity index (χ2v) is 3.86. The van der Waals surface area contributed by atoms with Crippen LogP contribution in [0, 0.1) is 0 Å². The van der Waals surface area contributed by atoms with Crippen LogP contribution >= 0.6 is 0 Å². The number of halogens is 1. The fourth-order valence-corrected chi connectivity index (χ4v) is 1.77. The van der Waals surface area contributed by atoms with Crippen molar-refractivity contribution in [3.63, 3.8) is 0 Å². The summed E-state index contributed by atoms with van der Waals surface area (Å²) >= 11 is 0. The lowest BCUT2D eigenvalue weighted by molar-refractivity contribution is -0.719. The summed E-state index contributed by atoms with van der Waals surface area (Å²) in [5.41, 5.74) is 1.39. The van der Waals surface area contributed by atoms with E-state index in [1.807, 2.05) is 6.07 Å². The average Bonchev–Trinajstić information content (AvgIpc) is 2.31. The first kappa shape index (κ1) is 12.7. The van der Waals surface area contributed by atoms with Gasteiger partial charge in [0.1, 0.15) is 0 Å². The van der Waals surface area contributed by atoms with Crippen molar-refractivity contribution in [1.82, 2.24) is 0 Å². The smallest absolute Gasteiger partial charge is 0.169 e. The highest BCUT2D eigenvalue weighted by atomic mass is 35.5. The zero-order chi connectivity index (χ0) is 10.5. The number of hydrogen-bond acceptors (Lipinski definition) is 0. The molecule has 1 aromatic carbocycles. The van der Waals surface area contributed by atoms with Gasteiger partial charge in [0, 0.05) is 18.6 Å². The Bertz CT molecular complexity index is 400. The van der Waals surface area contributed by atoms with E-state index in [1.165, 1.54) is 5.56 Å². The second-order valence-electron chi connectivity index (χ2n) is 3.86. The maximum Gasteiger partial charge on any atom is 0.169 e. The number of hydrogen-bond donors (Lipinski definition) is 0. The third-order valence-corrected chi connectivity index (χ3v) is 2.62. The molecule has 0 radical (unpaired) electrons. The molecule has 0 bridgehead atoms. The van der Waals surface area contributed by atoms with Gasteiger partial charge in [-0.15, -0.1) is 0 Å². The van der Waals surface area contributed by atoms with Gasteiger partial charge in [-0.1, -0.05) is 36.4 Å². The Balaban J connectivity index is 0.00000128. The number of aromatic nitrogens is 1. The first-order chi connectivity index (χ1) is 7.36. The van der Waals surface area contributed by atoms with E-state index in [2.05, 4.69) is 66.3 Å². The molecule has 84 valence electrons. The summed E-state index contributed by atoms with van der Waals surface area (Å²) in [7, 11) is 0. The summed E-state index contributed by atoms with van der Waals surface area (Å²) in [6, 6.07) is 17.3. The van der Waals surface area contributed by atoms with Gasteiger partial charge in [-0.2, -0.15) is 0 Å². The van der Waals surface area contributed by atoms with Crippen LogP contribution in [0.5, 0.6) is 0 Å². The normalized spacial score (nSPS) is 11.6. The predicted octanol–water partition coefficient (Wildman–Crippen LogP) is -0.218. The summed E-state index contributed by atoms with van der Waals surface area (Å²) in [6.45, 7) is 2.24. The highest BCUT2D eigenvalue weighted by Gasteiger charge is 2.11. The van der Waals surface area contributed by atoms with Crippen LogP contribution in [0.3, 0.4) is 0 Å². The van der Waals surface area contributed by atoms with Gasteiger partial charge >= 0.3 is 0 Å². The van der Waals surface area contributed by atoms with E-state index in [-0.39, 0.29) is 12.4 Å². The lowest BCUT2D eigenvalue weighted by atomic mass is 10.1. The Kier molecular flexibility index (Phi) is 5.00. The summed E-state index contributed by atoms with van der Waals surface area (Å²) < 4.78 is 2.24. The molecule has 0 amide bonds. The van der Waals surface area contributed by atoms with Crippen molar-refractivity contribution in [2.24, 2.45) is 0 Å². The van der Waals surface area contributed by atoms with E-state index in [0.29, 0.717) is 6.04 Å². The Hall–Kier alpha value is -1.34. The zero-order valence-electron chi connectivity index (χ0n) is 9.38. The van der Waals surface area contributed by atoms with Crippen LogP contribution in [0.1, 0.15) is 18.5 Å². The van der Waals surface area contributed by atoms with Crippen molar-refractivity contribution < 1.29 is 17.0 Å². The number of rotatable bonds is 3. The van der Waals surface area contributed by atoms with Gasteiger partial charge < -0.3 is 12.4 Å². The molecular formula is C14H16ClN. The largest absolute Gasteiger partial charge is 1.00 e. The van der Waals surface area contributed by atoms with Crippen molar-refractivity contribution in [2.75, 3.05) is 0 Å². The van der Waals surface area contributed by atoms with Gasteiger partial charge in [-0.05, 0) is 12.5 Å². The maximum atomic E-state index is 2.24. The average molecular weight is 234 g/mol. The molecule has 1 nitrogen and oxygen atoms in total. The number of nitrogens with zero attached hydrogens (tertiary/aromatic N) is 1. The molecule has 0 saturated carbocycles. The summed E-state index contributed by atoms with van der Waals surface area (Å²) in [5.74, 6) is 0. The van der Waals surface area contributed by atoms with Gasteiger partial charge in [0.2, 0.25) is 0 Å².